The van der Waals surface area contributed by atoms with Crippen LogP contribution in [0.15, 0.2) is 35.3 Å². The van der Waals surface area contributed by atoms with Gasteiger partial charge in [0.25, 0.3) is 0 Å². The van der Waals surface area contributed by atoms with Gasteiger partial charge in [-0.3, -0.25) is 0 Å². The number of hydrogen-bond donors (Lipinski definition) is 1. The average molecular weight is 208 g/mol. The van der Waals surface area contributed by atoms with Crippen LogP contribution in [0.25, 0.3) is 0 Å². The normalized spacial score (nSPS) is 22.8. The highest BCUT2D eigenvalue weighted by molar-refractivity contribution is 5.35. The fourth-order valence-corrected chi connectivity index (χ4v) is 1.94. The van der Waals surface area contributed by atoms with Crippen molar-refractivity contribution in [2.45, 2.75) is 13.3 Å². The molecule has 0 amide bonds. The van der Waals surface area contributed by atoms with Crippen molar-refractivity contribution in [1.29, 1.82) is 0 Å². The summed E-state index contributed by atoms with van der Waals surface area (Å²) >= 11 is 0. The van der Waals surface area contributed by atoms with Gasteiger partial charge in [0.05, 0.1) is 0 Å². The van der Waals surface area contributed by atoms with Crippen molar-refractivity contribution in [3.63, 3.8) is 0 Å². The van der Waals surface area contributed by atoms with Gasteiger partial charge >= 0.3 is 0 Å². The van der Waals surface area contributed by atoms with Crippen LogP contribution in [0.5, 0.6) is 0 Å². The minimum absolute atomic E-state index is 0.0867. The number of hydrogen-bond acceptors (Lipinski definition) is 2. The molecule has 0 bridgehead atoms. The van der Waals surface area contributed by atoms with Gasteiger partial charge in [0.2, 0.25) is 0 Å². The number of halogens is 1. The Labute approximate surface area is 90.1 Å². The van der Waals surface area contributed by atoms with Gasteiger partial charge in [0.1, 0.15) is 5.83 Å². The first-order valence-electron chi connectivity index (χ1n) is 5.47. The molecule has 0 saturated carbocycles. The molecule has 15 heavy (non-hydrogen) atoms. The summed E-state index contributed by atoms with van der Waals surface area (Å²) in [5, 5.41) is 3.31. The molecule has 3 heteroatoms. The van der Waals surface area contributed by atoms with Crippen LogP contribution in [0.2, 0.25) is 0 Å². The molecule has 2 aliphatic rings. The molecular formula is C12H17FN2. The Kier molecular flexibility index (Phi) is 3.21. The Morgan fingerprint density at radius 2 is 2.00 bits per heavy atom. The molecule has 0 unspecified atom stereocenters. The van der Waals surface area contributed by atoms with E-state index in [2.05, 4.69) is 16.3 Å². The molecule has 1 heterocycles. The van der Waals surface area contributed by atoms with Gasteiger partial charge in [0, 0.05) is 31.9 Å². The molecule has 0 aromatic carbocycles. The fourth-order valence-electron chi connectivity index (χ4n) is 1.94. The van der Waals surface area contributed by atoms with E-state index in [4.69, 9.17) is 0 Å². The van der Waals surface area contributed by atoms with E-state index in [-0.39, 0.29) is 5.83 Å². The maximum atomic E-state index is 13.3. The Hall–Kier alpha value is -1.09. The average Bonchev–Trinajstić information content (AvgIpc) is 2.43. The Morgan fingerprint density at radius 3 is 2.73 bits per heavy atom. The number of piperazine rings is 1. The van der Waals surface area contributed by atoms with Crippen LogP contribution < -0.4 is 5.32 Å². The third-order valence-corrected chi connectivity index (χ3v) is 2.85. The third-order valence-electron chi connectivity index (χ3n) is 2.85. The maximum absolute atomic E-state index is 13.3. The van der Waals surface area contributed by atoms with Crippen LogP contribution in [-0.4, -0.2) is 31.1 Å². The molecule has 1 aliphatic carbocycles. The molecule has 0 radical (unpaired) electrons. The summed E-state index contributed by atoms with van der Waals surface area (Å²) < 4.78 is 13.3. The molecule has 1 fully saturated rings. The number of rotatable bonds is 1. The number of nitrogens with one attached hydrogen (secondary N) is 1. The van der Waals surface area contributed by atoms with E-state index in [9.17, 15) is 4.39 Å². The first-order valence-corrected chi connectivity index (χ1v) is 5.47. The minimum atomic E-state index is -0.0867. The van der Waals surface area contributed by atoms with Crippen LogP contribution in [0.1, 0.15) is 13.3 Å². The van der Waals surface area contributed by atoms with Crippen molar-refractivity contribution < 1.29 is 4.39 Å². The van der Waals surface area contributed by atoms with Gasteiger partial charge in [-0.25, -0.2) is 4.39 Å². The monoisotopic (exact) mass is 208 g/mol. The van der Waals surface area contributed by atoms with E-state index in [0.717, 1.165) is 37.4 Å². The zero-order valence-corrected chi connectivity index (χ0v) is 9.09. The van der Waals surface area contributed by atoms with Gasteiger partial charge in [0.15, 0.2) is 0 Å². The highest BCUT2D eigenvalue weighted by atomic mass is 19.1. The topological polar surface area (TPSA) is 15.3 Å². The van der Waals surface area contributed by atoms with Gasteiger partial charge in [-0.05, 0) is 31.1 Å². The second-order valence-electron chi connectivity index (χ2n) is 3.98. The van der Waals surface area contributed by atoms with Crippen molar-refractivity contribution in [1.82, 2.24) is 10.2 Å². The predicted octanol–water partition coefficient (Wildman–Crippen LogP) is 1.98. The summed E-state index contributed by atoms with van der Waals surface area (Å²) in [4.78, 5) is 2.31. The second kappa shape index (κ2) is 4.62. The smallest absolute Gasteiger partial charge is 0.122 e. The van der Waals surface area contributed by atoms with E-state index < -0.39 is 0 Å². The number of allylic oxidation sites excluding steroid dienone is 5. The van der Waals surface area contributed by atoms with E-state index >= 15 is 0 Å². The van der Waals surface area contributed by atoms with E-state index in [1.165, 1.54) is 0 Å². The van der Waals surface area contributed by atoms with Crippen LogP contribution in [0.3, 0.4) is 0 Å². The van der Waals surface area contributed by atoms with Crippen molar-refractivity contribution in [2.24, 2.45) is 0 Å². The summed E-state index contributed by atoms with van der Waals surface area (Å²) in [5.41, 5.74) is 1.90. The Bertz CT molecular complexity index is 323. The molecule has 0 spiro atoms. The van der Waals surface area contributed by atoms with E-state index in [1.807, 2.05) is 13.0 Å². The lowest BCUT2D eigenvalue weighted by Gasteiger charge is -2.30. The lowest BCUT2D eigenvalue weighted by Crippen LogP contribution is -2.42. The molecule has 2 nitrogen and oxygen atoms in total. The van der Waals surface area contributed by atoms with Gasteiger partial charge in [-0.1, -0.05) is 6.08 Å². The Morgan fingerprint density at radius 1 is 1.27 bits per heavy atom. The molecule has 1 saturated heterocycles. The van der Waals surface area contributed by atoms with Gasteiger partial charge in [-0.15, -0.1) is 0 Å². The molecule has 1 aliphatic heterocycles. The lowest BCUT2D eigenvalue weighted by molar-refractivity contribution is 0.306. The molecule has 2 rings (SSSR count). The summed E-state index contributed by atoms with van der Waals surface area (Å²) in [5.74, 6) is -0.0867. The minimum Gasteiger partial charge on any atom is -0.369 e. The largest absolute Gasteiger partial charge is 0.369 e. The summed E-state index contributed by atoms with van der Waals surface area (Å²) in [6.45, 7) is 5.88. The maximum Gasteiger partial charge on any atom is 0.122 e. The fraction of sp³-hybridized carbons (Fsp3) is 0.500. The highest BCUT2D eigenvalue weighted by Gasteiger charge is 2.13. The zero-order chi connectivity index (χ0) is 10.7. The van der Waals surface area contributed by atoms with Crippen LogP contribution in [-0.2, 0) is 0 Å². The molecule has 82 valence electrons. The zero-order valence-electron chi connectivity index (χ0n) is 9.09. The van der Waals surface area contributed by atoms with E-state index in [0.29, 0.717) is 6.42 Å². The summed E-state index contributed by atoms with van der Waals surface area (Å²) in [6, 6.07) is 0. The van der Waals surface area contributed by atoms with Crippen LogP contribution in [0.4, 0.5) is 4.39 Å². The van der Waals surface area contributed by atoms with Crippen molar-refractivity contribution in [3.05, 3.63) is 35.3 Å². The summed E-state index contributed by atoms with van der Waals surface area (Å²) in [6.07, 6.45) is 6.38. The lowest BCUT2D eigenvalue weighted by atomic mass is 10.2. The van der Waals surface area contributed by atoms with Crippen LogP contribution >= 0.6 is 0 Å². The summed E-state index contributed by atoms with van der Waals surface area (Å²) in [7, 11) is 0. The predicted molar refractivity (Wildman–Crippen MR) is 60.1 cm³/mol. The molecule has 0 atom stereocenters. The third kappa shape index (κ3) is 2.48. The SMILES string of the molecule is CC1=CC(N2CCNCC2)=CCC=C1F. The number of nitrogens with zero attached hydrogens (tertiary/aromatic N) is 1. The molecule has 0 aromatic heterocycles. The quantitative estimate of drug-likeness (QED) is 0.709. The van der Waals surface area contributed by atoms with Gasteiger partial charge < -0.3 is 10.2 Å². The van der Waals surface area contributed by atoms with Crippen molar-refractivity contribution >= 4 is 0 Å². The van der Waals surface area contributed by atoms with E-state index in [1.54, 1.807) is 6.08 Å². The molecule has 1 N–H and O–H groups in total. The van der Waals surface area contributed by atoms with Gasteiger partial charge in [-0.2, -0.15) is 0 Å². The molecular weight excluding hydrogens is 191 g/mol. The second-order valence-corrected chi connectivity index (χ2v) is 3.98. The molecule has 0 aromatic rings. The van der Waals surface area contributed by atoms with Crippen molar-refractivity contribution in [2.75, 3.05) is 26.2 Å². The first kappa shape index (κ1) is 10.4. The highest BCUT2D eigenvalue weighted by Crippen LogP contribution is 2.21. The van der Waals surface area contributed by atoms with Crippen LogP contribution in [0, 0.1) is 0 Å². The van der Waals surface area contributed by atoms with Crippen molar-refractivity contribution in [3.8, 4) is 0 Å². The standard InChI is InChI=1S/C12H17FN2/c1-10-9-11(3-2-4-12(10)13)15-7-5-14-6-8-15/h3-4,9,14H,2,5-8H2,1H3. The first-order chi connectivity index (χ1) is 7.27. The Balaban J connectivity index is 2.12.